The van der Waals surface area contributed by atoms with Crippen LogP contribution in [-0.2, 0) is 6.18 Å². The van der Waals surface area contributed by atoms with E-state index in [2.05, 4.69) is 10.3 Å². The number of alkyl halides is 3. The van der Waals surface area contributed by atoms with Crippen LogP contribution in [0.15, 0.2) is 18.3 Å². The Balaban J connectivity index is 2.10. The van der Waals surface area contributed by atoms with Crippen molar-refractivity contribution in [3.63, 3.8) is 0 Å². The standard InChI is InChI=1S/C13H16F3N3O/c14-13(15,16)10-4-3-9(7-18-10)11(20)19-12(8-17)5-1-2-6-12/h3-4,7H,1-2,5-6,8,17H2,(H,19,20). The average molecular weight is 287 g/mol. The summed E-state index contributed by atoms with van der Waals surface area (Å²) in [4.78, 5) is 15.3. The van der Waals surface area contributed by atoms with Gasteiger partial charge in [0.2, 0.25) is 0 Å². The van der Waals surface area contributed by atoms with Crippen LogP contribution in [0.1, 0.15) is 41.7 Å². The Morgan fingerprint density at radius 3 is 2.45 bits per heavy atom. The van der Waals surface area contributed by atoms with E-state index < -0.39 is 23.3 Å². The first-order valence-electron chi connectivity index (χ1n) is 6.42. The number of nitrogens with one attached hydrogen (secondary N) is 1. The molecule has 1 amide bonds. The Labute approximate surface area is 114 Å². The van der Waals surface area contributed by atoms with Crippen LogP contribution in [0.2, 0.25) is 0 Å². The first-order valence-corrected chi connectivity index (χ1v) is 6.42. The molecule has 0 bridgehead atoms. The Bertz CT molecular complexity index is 479. The SMILES string of the molecule is NCC1(NC(=O)c2ccc(C(F)(F)F)nc2)CCCC1. The second-order valence-electron chi connectivity index (χ2n) is 5.08. The van der Waals surface area contributed by atoms with Crippen LogP contribution in [0.3, 0.4) is 0 Å². The summed E-state index contributed by atoms with van der Waals surface area (Å²) in [6.07, 6.45) is 0.00829. The molecule has 4 nitrogen and oxygen atoms in total. The molecular formula is C13H16F3N3O. The lowest BCUT2D eigenvalue weighted by atomic mass is 9.97. The molecule has 0 spiro atoms. The van der Waals surface area contributed by atoms with Crippen LogP contribution in [-0.4, -0.2) is 23.0 Å². The maximum Gasteiger partial charge on any atom is 0.433 e. The highest BCUT2D eigenvalue weighted by atomic mass is 19.4. The molecule has 0 radical (unpaired) electrons. The van der Waals surface area contributed by atoms with Crippen molar-refractivity contribution < 1.29 is 18.0 Å². The van der Waals surface area contributed by atoms with E-state index in [0.29, 0.717) is 6.54 Å². The number of nitrogens with two attached hydrogens (primary N) is 1. The summed E-state index contributed by atoms with van der Waals surface area (Å²) in [5.41, 5.74) is 4.36. The molecule has 1 aliphatic carbocycles. The van der Waals surface area contributed by atoms with Crippen molar-refractivity contribution >= 4 is 5.91 Å². The highest BCUT2D eigenvalue weighted by Crippen LogP contribution is 2.29. The Kier molecular flexibility index (Phi) is 3.99. The molecule has 0 saturated heterocycles. The van der Waals surface area contributed by atoms with Crippen molar-refractivity contribution in [2.75, 3.05) is 6.54 Å². The van der Waals surface area contributed by atoms with Crippen molar-refractivity contribution in [2.24, 2.45) is 5.73 Å². The highest BCUT2D eigenvalue weighted by Gasteiger charge is 2.35. The van der Waals surface area contributed by atoms with Gasteiger partial charge in [0.15, 0.2) is 0 Å². The lowest BCUT2D eigenvalue weighted by molar-refractivity contribution is -0.141. The predicted octanol–water partition coefficient (Wildman–Crippen LogP) is 2.10. The maximum absolute atomic E-state index is 12.4. The zero-order valence-corrected chi connectivity index (χ0v) is 10.8. The molecule has 0 atom stereocenters. The molecule has 20 heavy (non-hydrogen) atoms. The Morgan fingerprint density at radius 2 is 2.00 bits per heavy atom. The second kappa shape index (κ2) is 5.40. The van der Waals surface area contributed by atoms with Gasteiger partial charge in [0.1, 0.15) is 5.69 Å². The number of carbonyl (C=O) groups is 1. The number of hydrogen-bond acceptors (Lipinski definition) is 3. The van der Waals surface area contributed by atoms with Gasteiger partial charge in [-0.15, -0.1) is 0 Å². The van der Waals surface area contributed by atoms with Gasteiger partial charge in [-0.25, -0.2) is 0 Å². The minimum absolute atomic E-state index is 0.109. The van der Waals surface area contributed by atoms with Crippen LogP contribution >= 0.6 is 0 Å². The van der Waals surface area contributed by atoms with Gasteiger partial charge in [0.05, 0.1) is 11.1 Å². The molecule has 1 heterocycles. The summed E-state index contributed by atoms with van der Waals surface area (Å²) in [7, 11) is 0. The summed E-state index contributed by atoms with van der Waals surface area (Å²) in [5.74, 6) is -0.432. The Morgan fingerprint density at radius 1 is 1.35 bits per heavy atom. The lowest BCUT2D eigenvalue weighted by Gasteiger charge is -2.28. The predicted molar refractivity (Wildman–Crippen MR) is 67.0 cm³/mol. The van der Waals surface area contributed by atoms with E-state index >= 15 is 0 Å². The third-order valence-electron chi connectivity index (χ3n) is 3.65. The number of rotatable bonds is 3. The van der Waals surface area contributed by atoms with E-state index in [-0.39, 0.29) is 5.56 Å². The molecule has 1 fully saturated rings. The third kappa shape index (κ3) is 3.09. The number of carbonyl (C=O) groups excluding carboxylic acids is 1. The fourth-order valence-corrected chi connectivity index (χ4v) is 2.44. The summed E-state index contributed by atoms with van der Waals surface area (Å²) >= 11 is 0. The lowest BCUT2D eigenvalue weighted by Crippen LogP contribution is -2.51. The topological polar surface area (TPSA) is 68.0 Å². The van der Waals surface area contributed by atoms with Crippen molar-refractivity contribution in [2.45, 2.75) is 37.4 Å². The van der Waals surface area contributed by atoms with E-state index in [1.165, 1.54) is 0 Å². The number of pyridine rings is 1. The van der Waals surface area contributed by atoms with Crippen LogP contribution in [0.25, 0.3) is 0 Å². The zero-order valence-electron chi connectivity index (χ0n) is 10.8. The summed E-state index contributed by atoms with van der Waals surface area (Å²) < 4.78 is 37.2. The molecule has 0 unspecified atom stereocenters. The monoisotopic (exact) mass is 287 g/mol. The fraction of sp³-hybridized carbons (Fsp3) is 0.538. The molecule has 1 aliphatic rings. The third-order valence-corrected chi connectivity index (χ3v) is 3.65. The van der Waals surface area contributed by atoms with Gasteiger partial charge in [0.25, 0.3) is 5.91 Å². The normalized spacial score (nSPS) is 18.0. The molecule has 1 aromatic rings. The summed E-state index contributed by atoms with van der Waals surface area (Å²) in [6, 6.07) is 1.93. The highest BCUT2D eigenvalue weighted by molar-refractivity contribution is 5.94. The molecule has 110 valence electrons. The van der Waals surface area contributed by atoms with Crippen molar-refractivity contribution in [3.05, 3.63) is 29.6 Å². The van der Waals surface area contributed by atoms with Gasteiger partial charge in [0, 0.05) is 12.7 Å². The molecule has 2 rings (SSSR count). The number of hydrogen-bond donors (Lipinski definition) is 2. The molecule has 0 aliphatic heterocycles. The van der Waals surface area contributed by atoms with Gasteiger partial charge in [-0.05, 0) is 25.0 Å². The van der Waals surface area contributed by atoms with Crippen molar-refractivity contribution in [1.29, 1.82) is 0 Å². The maximum atomic E-state index is 12.4. The minimum Gasteiger partial charge on any atom is -0.345 e. The molecular weight excluding hydrogens is 271 g/mol. The van der Waals surface area contributed by atoms with E-state index in [9.17, 15) is 18.0 Å². The number of nitrogens with zero attached hydrogens (tertiary/aromatic N) is 1. The van der Waals surface area contributed by atoms with Crippen LogP contribution in [0.4, 0.5) is 13.2 Å². The van der Waals surface area contributed by atoms with E-state index in [4.69, 9.17) is 5.73 Å². The largest absolute Gasteiger partial charge is 0.433 e. The van der Waals surface area contributed by atoms with Gasteiger partial charge < -0.3 is 11.1 Å². The quantitative estimate of drug-likeness (QED) is 0.894. The minimum atomic E-state index is -4.50. The Hall–Kier alpha value is -1.63. The fourth-order valence-electron chi connectivity index (χ4n) is 2.44. The van der Waals surface area contributed by atoms with Crippen molar-refractivity contribution in [3.8, 4) is 0 Å². The van der Waals surface area contributed by atoms with Crippen LogP contribution in [0, 0.1) is 0 Å². The van der Waals surface area contributed by atoms with Gasteiger partial charge in [-0.2, -0.15) is 13.2 Å². The first kappa shape index (κ1) is 14.8. The summed E-state index contributed by atoms with van der Waals surface area (Å²) in [5, 5.41) is 2.83. The van der Waals surface area contributed by atoms with Crippen molar-refractivity contribution in [1.82, 2.24) is 10.3 Å². The first-order chi connectivity index (χ1) is 9.36. The van der Waals surface area contributed by atoms with E-state index in [1.54, 1.807) is 0 Å². The molecule has 1 saturated carbocycles. The van der Waals surface area contributed by atoms with Crippen LogP contribution < -0.4 is 11.1 Å². The number of amides is 1. The molecule has 7 heteroatoms. The van der Waals surface area contributed by atoms with Gasteiger partial charge >= 0.3 is 6.18 Å². The number of halogens is 3. The van der Waals surface area contributed by atoms with E-state index in [0.717, 1.165) is 44.0 Å². The van der Waals surface area contributed by atoms with E-state index in [1.807, 2.05) is 0 Å². The van der Waals surface area contributed by atoms with Crippen LogP contribution in [0.5, 0.6) is 0 Å². The summed E-state index contributed by atoms with van der Waals surface area (Å²) in [6.45, 7) is 0.326. The smallest absolute Gasteiger partial charge is 0.345 e. The average Bonchev–Trinajstić information content (AvgIpc) is 2.87. The van der Waals surface area contributed by atoms with Gasteiger partial charge in [-0.3, -0.25) is 9.78 Å². The molecule has 1 aromatic heterocycles. The molecule has 3 N–H and O–H groups in total. The second-order valence-corrected chi connectivity index (χ2v) is 5.08. The van der Waals surface area contributed by atoms with Gasteiger partial charge in [-0.1, -0.05) is 12.8 Å². The number of aromatic nitrogens is 1. The zero-order chi connectivity index (χ0) is 14.8. The molecule has 0 aromatic carbocycles.